The normalized spacial score (nSPS) is 21.3. The van der Waals surface area contributed by atoms with Crippen LogP contribution in [0.1, 0.15) is 51.8 Å². The second kappa shape index (κ2) is 7.57. The molecule has 7 heteroatoms. The summed E-state index contributed by atoms with van der Waals surface area (Å²) >= 11 is 0. The van der Waals surface area contributed by atoms with E-state index < -0.39 is 42.1 Å². The number of nitrogens with zero attached hydrogens (tertiary/aromatic N) is 1. The molecule has 0 aromatic heterocycles. The molecule has 0 bridgehead atoms. The first-order valence-electron chi connectivity index (χ1n) is 8.62. The van der Waals surface area contributed by atoms with Gasteiger partial charge in [0.05, 0.1) is 6.04 Å². The molecular weight excluding hydrogens is 351 g/mol. The maximum atomic E-state index is 13.9. The van der Waals surface area contributed by atoms with Gasteiger partial charge in [-0.25, -0.2) is 9.18 Å². The van der Waals surface area contributed by atoms with Crippen molar-refractivity contribution < 1.29 is 23.5 Å². The van der Waals surface area contributed by atoms with E-state index >= 15 is 0 Å². The molecule has 1 saturated heterocycles. The van der Waals surface area contributed by atoms with E-state index in [0.29, 0.717) is 11.1 Å². The van der Waals surface area contributed by atoms with Gasteiger partial charge in [-0.1, -0.05) is 18.1 Å². The number of amides is 2. The van der Waals surface area contributed by atoms with E-state index in [2.05, 4.69) is 11.8 Å². The summed E-state index contributed by atoms with van der Waals surface area (Å²) < 4.78 is 25.3. The summed E-state index contributed by atoms with van der Waals surface area (Å²) in [6, 6.07) is 6.01. The summed E-state index contributed by atoms with van der Waals surface area (Å²) in [5.41, 5.74) is 4.55. The van der Waals surface area contributed by atoms with E-state index in [9.17, 15) is 14.0 Å². The number of rotatable bonds is 2. The van der Waals surface area contributed by atoms with Gasteiger partial charge >= 0.3 is 6.09 Å². The van der Waals surface area contributed by atoms with Crippen LogP contribution in [0.4, 0.5) is 9.18 Å². The molecular formula is C20H25FN2O4. The minimum atomic E-state index is -1.03. The lowest BCUT2D eigenvalue weighted by molar-refractivity contribution is -0.112. The monoisotopic (exact) mass is 376 g/mol. The van der Waals surface area contributed by atoms with Crippen molar-refractivity contribution in [1.29, 1.82) is 0 Å². The maximum Gasteiger partial charge on any atom is 0.413 e. The Balaban J connectivity index is 2.29. The minimum Gasteiger partial charge on any atom is -0.444 e. The van der Waals surface area contributed by atoms with Crippen LogP contribution in [0.25, 0.3) is 0 Å². The number of halogens is 1. The Bertz CT molecular complexity index is 772. The van der Waals surface area contributed by atoms with E-state index in [1.54, 1.807) is 58.9 Å². The van der Waals surface area contributed by atoms with Crippen LogP contribution < -0.4 is 5.73 Å². The zero-order valence-corrected chi connectivity index (χ0v) is 16.2. The van der Waals surface area contributed by atoms with Crippen LogP contribution in [0.5, 0.6) is 0 Å². The predicted octanol–water partition coefficient (Wildman–Crippen LogP) is 2.91. The summed E-state index contributed by atoms with van der Waals surface area (Å²) in [5.74, 6) is 4.17. The molecule has 27 heavy (non-hydrogen) atoms. The highest BCUT2D eigenvalue weighted by atomic mass is 19.1. The fourth-order valence-electron chi connectivity index (χ4n) is 2.98. The van der Waals surface area contributed by atoms with Crippen molar-refractivity contribution in [2.75, 3.05) is 6.67 Å². The predicted molar refractivity (Wildman–Crippen MR) is 98.3 cm³/mol. The topological polar surface area (TPSA) is 81.9 Å². The van der Waals surface area contributed by atoms with Crippen LogP contribution in [0.15, 0.2) is 24.3 Å². The zero-order valence-electron chi connectivity index (χ0n) is 16.2. The second-order valence-corrected chi connectivity index (χ2v) is 7.79. The number of hydrogen-bond donors (Lipinski definition) is 1. The van der Waals surface area contributed by atoms with E-state index in [-0.39, 0.29) is 0 Å². The van der Waals surface area contributed by atoms with Gasteiger partial charge in [-0.05, 0) is 58.2 Å². The number of carbonyl (C=O) groups excluding carboxylic acids is 2. The van der Waals surface area contributed by atoms with Gasteiger partial charge in [0, 0.05) is 5.56 Å². The number of hydrogen-bond acceptors (Lipinski definition) is 4. The molecule has 1 fully saturated rings. The third kappa shape index (κ3) is 4.98. The van der Waals surface area contributed by atoms with Gasteiger partial charge in [0.25, 0.3) is 5.91 Å². The highest BCUT2D eigenvalue weighted by Crippen LogP contribution is 2.42. The summed E-state index contributed by atoms with van der Waals surface area (Å²) in [4.78, 5) is 24.7. The van der Waals surface area contributed by atoms with Gasteiger partial charge in [0.1, 0.15) is 24.1 Å². The lowest BCUT2D eigenvalue weighted by Crippen LogP contribution is -2.50. The SMILES string of the molecule is CC(C)(C)OC(=O)N1C(CF)C(c2ccc(C#CC(N)=O)cc2)OC1(C)C. The molecule has 2 N–H and O–H groups in total. The molecule has 1 aromatic carbocycles. The first-order valence-corrected chi connectivity index (χ1v) is 8.62. The molecule has 6 nitrogen and oxygen atoms in total. The Kier molecular flexibility index (Phi) is 5.81. The fourth-order valence-corrected chi connectivity index (χ4v) is 2.98. The van der Waals surface area contributed by atoms with Crippen LogP contribution in [0.3, 0.4) is 0 Å². The third-order valence-electron chi connectivity index (χ3n) is 3.99. The van der Waals surface area contributed by atoms with Crippen molar-refractivity contribution >= 4 is 12.0 Å². The number of nitrogens with two attached hydrogens (primary N) is 1. The molecule has 0 saturated carbocycles. The molecule has 1 aliphatic heterocycles. The van der Waals surface area contributed by atoms with Gasteiger partial charge in [0.2, 0.25) is 0 Å². The zero-order chi connectivity index (χ0) is 20.4. The van der Waals surface area contributed by atoms with E-state index in [4.69, 9.17) is 15.2 Å². The maximum absolute atomic E-state index is 13.9. The molecule has 2 amide bonds. The molecule has 2 unspecified atom stereocenters. The number of primary amides is 1. The van der Waals surface area contributed by atoms with Crippen LogP contribution in [-0.2, 0) is 14.3 Å². The van der Waals surface area contributed by atoms with Crippen molar-refractivity contribution in [2.24, 2.45) is 5.73 Å². The third-order valence-corrected chi connectivity index (χ3v) is 3.99. The van der Waals surface area contributed by atoms with Gasteiger partial charge < -0.3 is 15.2 Å². The average Bonchev–Trinajstić information content (AvgIpc) is 2.82. The molecule has 0 spiro atoms. The molecule has 2 rings (SSSR count). The van der Waals surface area contributed by atoms with Crippen LogP contribution >= 0.6 is 0 Å². The van der Waals surface area contributed by atoms with Crippen molar-refractivity contribution in [3.8, 4) is 11.8 Å². The average molecular weight is 376 g/mol. The number of carbonyl (C=O) groups is 2. The number of benzene rings is 1. The molecule has 1 heterocycles. The van der Waals surface area contributed by atoms with Crippen molar-refractivity contribution in [3.05, 3.63) is 35.4 Å². The molecule has 1 aromatic rings. The largest absolute Gasteiger partial charge is 0.444 e. The summed E-state index contributed by atoms with van der Waals surface area (Å²) in [6.45, 7) is 7.88. The quantitative estimate of drug-likeness (QED) is 0.805. The van der Waals surface area contributed by atoms with E-state index in [0.717, 1.165) is 0 Å². The van der Waals surface area contributed by atoms with E-state index in [1.165, 1.54) is 4.90 Å². The Morgan fingerprint density at radius 3 is 2.37 bits per heavy atom. The molecule has 146 valence electrons. The highest BCUT2D eigenvalue weighted by Gasteiger charge is 2.51. The lowest BCUT2D eigenvalue weighted by atomic mass is 10.0. The molecule has 0 aliphatic carbocycles. The number of ether oxygens (including phenoxy) is 2. The van der Waals surface area contributed by atoms with Gasteiger partial charge in [-0.15, -0.1) is 0 Å². The van der Waals surface area contributed by atoms with Crippen molar-refractivity contribution in [3.63, 3.8) is 0 Å². The summed E-state index contributed by atoms with van der Waals surface area (Å²) in [5, 5.41) is 0. The Hall–Kier alpha value is -2.59. The molecule has 1 aliphatic rings. The first kappa shape index (κ1) is 20.7. The van der Waals surface area contributed by atoms with Crippen molar-refractivity contribution in [2.45, 2.75) is 58.1 Å². The van der Waals surface area contributed by atoms with Gasteiger partial charge in [0.15, 0.2) is 0 Å². The van der Waals surface area contributed by atoms with Gasteiger partial charge in [-0.3, -0.25) is 9.69 Å². The molecule has 0 radical (unpaired) electrons. The Labute approximate surface area is 158 Å². The Morgan fingerprint density at radius 2 is 1.89 bits per heavy atom. The minimum absolute atomic E-state index is 0.593. The standard InChI is InChI=1S/C20H25FN2O4/c1-19(2,3)27-18(25)23-15(12-21)17(26-20(23,4)5)14-9-6-13(7-10-14)8-11-16(22)24/h6-7,9-10,15,17H,12H2,1-5H3,(H2,22,24). The number of alkyl halides is 1. The van der Waals surface area contributed by atoms with E-state index in [1.807, 2.05) is 0 Å². The summed E-state index contributed by atoms with van der Waals surface area (Å²) in [6.07, 6.45) is -1.28. The highest BCUT2D eigenvalue weighted by molar-refractivity contribution is 5.92. The lowest BCUT2D eigenvalue weighted by Gasteiger charge is -2.34. The Morgan fingerprint density at radius 1 is 1.30 bits per heavy atom. The first-order chi connectivity index (χ1) is 12.4. The smallest absolute Gasteiger partial charge is 0.413 e. The van der Waals surface area contributed by atoms with Gasteiger partial charge in [-0.2, -0.15) is 0 Å². The summed E-state index contributed by atoms with van der Waals surface area (Å²) in [7, 11) is 0. The van der Waals surface area contributed by atoms with Crippen molar-refractivity contribution in [1.82, 2.24) is 4.90 Å². The second-order valence-electron chi connectivity index (χ2n) is 7.79. The van der Waals surface area contributed by atoms with Crippen LogP contribution in [0, 0.1) is 11.8 Å². The molecule has 2 atom stereocenters. The van der Waals surface area contributed by atoms with Crippen LogP contribution in [0.2, 0.25) is 0 Å². The van der Waals surface area contributed by atoms with Crippen LogP contribution in [-0.4, -0.2) is 40.9 Å². The fraction of sp³-hybridized carbons (Fsp3) is 0.500.